The number of amides is 1. The molecule has 0 atom stereocenters. The first-order valence-corrected chi connectivity index (χ1v) is 9.09. The van der Waals surface area contributed by atoms with Crippen molar-refractivity contribution in [3.63, 3.8) is 0 Å². The standard InChI is InChI=1S/C24H19NO3/c26-18-9-5-7-17(15-18)8-6-14-25-24(27)28-16-23-21-12-3-1-10-19(21)20-11-2-4-13-22(20)23/h1-5,7,9-13,15,23,26H,14,16H2,(H,25,27). The number of hydrogen-bond acceptors (Lipinski definition) is 3. The van der Waals surface area contributed by atoms with Gasteiger partial charge in [0.05, 0.1) is 6.54 Å². The summed E-state index contributed by atoms with van der Waals surface area (Å²) >= 11 is 0. The van der Waals surface area contributed by atoms with Gasteiger partial charge in [-0.2, -0.15) is 0 Å². The molecule has 2 N–H and O–H groups in total. The first kappa shape index (κ1) is 17.7. The Bertz CT molecular complexity index is 1030. The largest absolute Gasteiger partial charge is 0.508 e. The van der Waals surface area contributed by atoms with Gasteiger partial charge in [0.1, 0.15) is 12.4 Å². The molecule has 4 heteroatoms. The minimum Gasteiger partial charge on any atom is -0.508 e. The zero-order chi connectivity index (χ0) is 19.3. The van der Waals surface area contributed by atoms with Gasteiger partial charge < -0.3 is 15.2 Å². The molecular weight excluding hydrogens is 350 g/mol. The van der Waals surface area contributed by atoms with Crippen LogP contribution >= 0.6 is 0 Å². The Balaban J connectivity index is 1.35. The number of phenols is 1. The van der Waals surface area contributed by atoms with Gasteiger partial charge in [-0.05, 0) is 40.5 Å². The highest BCUT2D eigenvalue weighted by Crippen LogP contribution is 2.44. The van der Waals surface area contributed by atoms with Gasteiger partial charge in [0.2, 0.25) is 0 Å². The Morgan fingerprint density at radius 1 is 0.964 bits per heavy atom. The summed E-state index contributed by atoms with van der Waals surface area (Å²) in [6.45, 7) is 0.451. The van der Waals surface area contributed by atoms with Crippen molar-refractivity contribution < 1.29 is 14.6 Å². The zero-order valence-corrected chi connectivity index (χ0v) is 15.2. The number of rotatable bonds is 3. The van der Waals surface area contributed by atoms with Crippen molar-refractivity contribution in [1.82, 2.24) is 5.32 Å². The number of carbonyl (C=O) groups excluding carboxylic acids is 1. The number of alkyl carbamates (subject to hydrolysis) is 1. The maximum atomic E-state index is 12.0. The number of carbonyl (C=O) groups is 1. The first-order chi connectivity index (χ1) is 13.7. The number of nitrogens with one attached hydrogen (secondary N) is 1. The van der Waals surface area contributed by atoms with Crippen LogP contribution in [0.4, 0.5) is 4.79 Å². The quantitative estimate of drug-likeness (QED) is 0.678. The summed E-state index contributed by atoms with van der Waals surface area (Å²) in [6, 6.07) is 23.1. The van der Waals surface area contributed by atoms with Crippen LogP contribution in [0.3, 0.4) is 0 Å². The maximum absolute atomic E-state index is 12.0. The molecule has 0 saturated carbocycles. The van der Waals surface area contributed by atoms with Crippen LogP contribution in [0, 0.1) is 11.8 Å². The Hall–Kier alpha value is -3.71. The molecule has 1 aliphatic carbocycles. The zero-order valence-electron chi connectivity index (χ0n) is 15.2. The average molecular weight is 369 g/mol. The van der Waals surface area contributed by atoms with Crippen molar-refractivity contribution in [1.29, 1.82) is 0 Å². The van der Waals surface area contributed by atoms with Crippen LogP contribution in [0.2, 0.25) is 0 Å². The second kappa shape index (κ2) is 7.89. The summed E-state index contributed by atoms with van der Waals surface area (Å²) in [7, 11) is 0. The van der Waals surface area contributed by atoms with Gasteiger partial charge in [0.25, 0.3) is 0 Å². The van der Waals surface area contributed by atoms with Crippen LogP contribution in [-0.4, -0.2) is 24.4 Å². The molecule has 0 aromatic heterocycles. The van der Waals surface area contributed by atoms with Crippen molar-refractivity contribution in [2.75, 3.05) is 13.2 Å². The highest BCUT2D eigenvalue weighted by molar-refractivity contribution is 5.79. The number of fused-ring (bicyclic) bond motifs is 3. The van der Waals surface area contributed by atoms with Crippen LogP contribution in [0.15, 0.2) is 72.8 Å². The van der Waals surface area contributed by atoms with E-state index in [9.17, 15) is 9.90 Å². The van der Waals surface area contributed by atoms with Crippen molar-refractivity contribution in [2.45, 2.75) is 5.92 Å². The lowest BCUT2D eigenvalue weighted by Crippen LogP contribution is -2.26. The van der Waals surface area contributed by atoms with E-state index in [-0.39, 0.29) is 24.8 Å². The Morgan fingerprint density at radius 3 is 2.32 bits per heavy atom. The van der Waals surface area contributed by atoms with Crippen LogP contribution in [0.1, 0.15) is 22.6 Å². The fourth-order valence-electron chi connectivity index (χ4n) is 3.50. The first-order valence-electron chi connectivity index (χ1n) is 9.09. The summed E-state index contributed by atoms with van der Waals surface area (Å²) in [4.78, 5) is 12.0. The molecule has 0 unspecified atom stereocenters. The molecule has 4 nitrogen and oxygen atoms in total. The van der Waals surface area contributed by atoms with E-state index in [1.807, 2.05) is 24.3 Å². The molecule has 1 amide bonds. The Labute approximate surface area is 163 Å². The molecule has 3 aromatic carbocycles. The van der Waals surface area contributed by atoms with Crippen molar-refractivity contribution in [2.24, 2.45) is 0 Å². The molecule has 28 heavy (non-hydrogen) atoms. The molecule has 138 valence electrons. The van der Waals surface area contributed by atoms with Gasteiger partial charge >= 0.3 is 6.09 Å². The predicted molar refractivity (Wildman–Crippen MR) is 108 cm³/mol. The molecule has 0 heterocycles. The third kappa shape index (κ3) is 3.70. The number of benzene rings is 3. The SMILES string of the molecule is O=C(NCC#Cc1cccc(O)c1)OCC1c2ccccc2-c2ccccc21. The van der Waals surface area contributed by atoms with E-state index >= 15 is 0 Å². The number of phenolic OH excluding ortho intramolecular Hbond substituents is 1. The fraction of sp³-hybridized carbons (Fsp3) is 0.125. The van der Waals surface area contributed by atoms with Crippen LogP contribution < -0.4 is 5.32 Å². The Morgan fingerprint density at radius 2 is 1.64 bits per heavy atom. The third-order valence-electron chi connectivity index (χ3n) is 4.74. The fourth-order valence-corrected chi connectivity index (χ4v) is 3.50. The molecule has 1 aliphatic rings. The normalized spacial score (nSPS) is 11.7. The monoisotopic (exact) mass is 369 g/mol. The maximum Gasteiger partial charge on any atom is 0.407 e. The van der Waals surface area contributed by atoms with Crippen molar-refractivity contribution in [3.05, 3.63) is 89.5 Å². The third-order valence-corrected chi connectivity index (χ3v) is 4.74. The lowest BCUT2D eigenvalue weighted by atomic mass is 9.98. The smallest absolute Gasteiger partial charge is 0.407 e. The van der Waals surface area contributed by atoms with E-state index < -0.39 is 6.09 Å². The van der Waals surface area contributed by atoms with Gasteiger partial charge in [-0.25, -0.2) is 4.79 Å². The number of hydrogen-bond donors (Lipinski definition) is 2. The summed E-state index contributed by atoms with van der Waals surface area (Å²) < 4.78 is 5.45. The average Bonchev–Trinajstić information content (AvgIpc) is 3.04. The number of aromatic hydroxyl groups is 1. The van der Waals surface area contributed by atoms with E-state index in [0.29, 0.717) is 5.56 Å². The molecule has 3 aromatic rings. The van der Waals surface area contributed by atoms with E-state index in [2.05, 4.69) is 41.4 Å². The lowest BCUT2D eigenvalue weighted by molar-refractivity contribution is 0.144. The highest BCUT2D eigenvalue weighted by Gasteiger charge is 2.28. The summed E-state index contributed by atoms with van der Waals surface area (Å²) in [5.41, 5.74) is 5.45. The van der Waals surface area contributed by atoms with E-state index in [1.54, 1.807) is 24.3 Å². The van der Waals surface area contributed by atoms with E-state index in [0.717, 1.165) is 0 Å². The summed E-state index contributed by atoms with van der Waals surface area (Å²) in [6.07, 6.45) is -0.493. The lowest BCUT2D eigenvalue weighted by Gasteiger charge is -2.14. The van der Waals surface area contributed by atoms with Crippen LogP contribution in [-0.2, 0) is 4.74 Å². The van der Waals surface area contributed by atoms with Gasteiger partial charge in [-0.15, -0.1) is 0 Å². The topological polar surface area (TPSA) is 58.6 Å². The van der Waals surface area contributed by atoms with Gasteiger partial charge in [-0.3, -0.25) is 0 Å². The van der Waals surface area contributed by atoms with Crippen LogP contribution in [0.5, 0.6) is 5.75 Å². The second-order valence-corrected chi connectivity index (χ2v) is 6.53. The highest BCUT2D eigenvalue weighted by atomic mass is 16.5. The molecular formula is C24H19NO3. The molecule has 4 rings (SSSR count). The summed E-state index contributed by atoms with van der Waals surface area (Å²) in [5.74, 6) is 5.93. The molecule has 0 saturated heterocycles. The molecule has 0 fully saturated rings. The minimum absolute atomic E-state index is 0.0385. The second-order valence-electron chi connectivity index (χ2n) is 6.53. The van der Waals surface area contributed by atoms with Gasteiger partial charge in [-0.1, -0.05) is 66.4 Å². The van der Waals surface area contributed by atoms with Crippen LogP contribution in [0.25, 0.3) is 11.1 Å². The van der Waals surface area contributed by atoms with E-state index in [1.165, 1.54) is 22.3 Å². The number of ether oxygens (including phenoxy) is 1. The molecule has 0 aliphatic heterocycles. The predicted octanol–water partition coefficient (Wildman–Crippen LogP) is 4.28. The van der Waals surface area contributed by atoms with Gasteiger partial charge in [0.15, 0.2) is 0 Å². The molecule has 0 spiro atoms. The summed E-state index contributed by atoms with van der Waals surface area (Å²) in [5, 5.41) is 12.1. The molecule has 0 radical (unpaired) electrons. The van der Waals surface area contributed by atoms with Crippen molar-refractivity contribution >= 4 is 6.09 Å². The van der Waals surface area contributed by atoms with E-state index in [4.69, 9.17) is 4.74 Å². The molecule has 0 bridgehead atoms. The van der Waals surface area contributed by atoms with Gasteiger partial charge in [0, 0.05) is 11.5 Å². The Kier molecular flexibility index (Phi) is 4.99. The minimum atomic E-state index is -0.493. The van der Waals surface area contributed by atoms with Crippen molar-refractivity contribution in [3.8, 4) is 28.7 Å².